The third-order valence-electron chi connectivity index (χ3n) is 12.2. The summed E-state index contributed by atoms with van der Waals surface area (Å²) in [6.45, 7) is 4.07. The molecule has 75 heavy (non-hydrogen) atoms. The number of carbonyl (C=O) groups is 2. The molecule has 0 fully saturated rings. The fraction of sp³-hybridized carbons (Fsp3) is 0.662. The minimum absolute atomic E-state index is 0.0374. The van der Waals surface area contributed by atoms with E-state index in [4.69, 9.17) is 18.5 Å². The van der Waals surface area contributed by atoms with Gasteiger partial charge in [0.15, 0.2) is 6.10 Å². The van der Waals surface area contributed by atoms with Crippen LogP contribution in [0.4, 0.5) is 0 Å². The average molecular weight is 1060 g/mol. The zero-order valence-electron chi connectivity index (χ0n) is 48.4. The number of hydrogen-bond donors (Lipinski definition) is 0. The highest BCUT2D eigenvalue weighted by Gasteiger charge is 2.21. The summed E-state index contributed by atoms with van der Waals surface area (Å²) in [5.41, 5.74) is 0. The number of esters is 2. The lowest BCUT2D eigenvalue weighted by Crippen LogP contribution is -2.37. The molecule has 0 bridgehead atoms. The molecule has 0 saturated carbocycles. The van der Waals surface area contributed by atoms with Crippen molar-refractivity contribution in [2.75, 3.05) is 47.5 Å². The smallest absolute Gasteiger partial charge is 0.306 e. The molecular formula is C65H110NO8P. The van der Waals surface area contributed by atoms with Gasteiger partial charge in [-0.1, -0.05) is 225 Å². The Balaban J connectivity index is 4.06. The van der Waals surface area contributed by atoms with E-state index in [-0.39, 0.29) is 26.1 Å². The first-order chi connectivity index (χ1) is 36.5. The van der Waals surface area contributed by atoms with Crippen LogP contribution >= 0.6 is 7.82 Å². The number of phosphoric ester groups is 1. The highest BCUT2D eigenvalue weighted by Crippen LogP contribution is 2.38. The fourth-order valence-corrected chi connectivity index (χ4v) is 8.37. The van der Waals surface area contributed by atoms with Crippen molar-refractivity contribution < 1.29 is 42.1 Å². The summed E-state index contributed by atoms with van der Waals surface area (Å²) in [7, 11) is 1.15. The van der Waals surface area contributed by atoms with Gasteiger partial charge in [0.25, 0.3) is 7.82 Å². The van der Waals surface area contributed by atoms with Crippen molar-refractivity contribution in [3.05, 3.63) is 122 Å². The van der Waals surface area contributed by atoms with Crippen molar-refractivity contribution in [1.82, 2.24) is 0 Å². The average Bonchev–Trinajstić information content (AvgIpc) is 3.37. The normalized spacial score (nSPS) is 14.2. The standard InChI is InChI=1S/C65H110NO8P/c1-6-8-10-12-14-16-18-20-21-22-23-24-25-26-27-28-29-30-31-32-33-34-35-36-37-38-39-40-41-42-43-44-45-46-48-50-52-54-56-58-65(68)74-63(62-73-75(69,70)72-60-59-66(3,4)5)61-71-64(67)57-55-53-51-49-47-19-17-15-13-11-9-7-2/h8,10,14-17,20-21,23-24,26-27,29-30,32-33,35-36,38-39,63H,6-7,9,11-13,18-19,22,25,28,31,34,37,40-62H2,1-5H3/b10-8-,16-14-,17-15-,21-20-,24-23-,27-26-,30-29-,33-32-,36-35-,39-38-. The molecule has 0 amide bonds. The molecule has 0 aromatic heterocycles. The number of carbonyl (C=O) groups excluding carboxylic acids is 2. The Morgan fingerprint density at radius 3 is 1.15 bits per heavy atom. The minimum Gasteiger partial charge on any atom is -0.756 e. The van der Waals surface area contributed by atoms with E-state index in [0.717, 1.165) is 122 Å². The SMILES string of the molecule is CC/C=C\C/C=C\C/C=C\C/C=C\C/C=C\C/C=C\C/C=C\C/C=C\C/C=C\CCCCCCCCCCCCCC(=O)OC(COC(=O)CCCCCCC/C=C\CCCCC)COP(=O)([O-])OCC[N+](C)(C)C. The summed E-state index contributed by atoms with van der Waals surface area (Å²) in [5.74, 6) is -0.853. The highest BCUT2D eigenvalue weighted by molar-refractivity contribution is 7.45. The van der Waals surface area contributed by atoms with Gasteiger partial charge in [0.05, 0.1) is 27.7 Å². The molecule has 9 nitrogen and oxygen atoms in total. The third kappa shape index (κ3) is 59.5. The van der Waals surface area contributed by atoms with Crippen LogP contribution in [0, 0.1) is 0 Å². The molecule has 0 saturated heterocycles. The molecule has 0 N–H and O–H groups in total. The Kier molecular flexibility index (Phi) is 52.5. The van der Waals surface area contributed by atoms with E-state index in [2.05, 4.69) is 135 Å². The molecule has 0 aliphatic carbocycles. The third-order valence-corrected chi connectivity index (χ3v) is 13.2. The zero-order valence-corrected chi connectivity index (χ0v) is 49.3. The molecule has 10 heteroatoms. The number of unbranched alkanes of at least 4 members (excludes halogenated alkanes) is 19. The number of hydrogen-bond acceptors (Lipinski definition) is 8. The quantitative estimate of drug-likeness (QED) is 0.0195. The van der Waals surface area contributed by atoms with Crippen LogP contribution in [0.5, 0.6) is 0 Å². The van der Waals surface area contributed by atoms with Gasteiger partial charge in [-0.3, -0.25) is 14.2 Å². The predicted octanol–water partition coefficient (Wildman–Crippen LogP) is 18.1. The first-order valence-electron chi connectivity index (χ1n) is 29.7. The number of allylic oxidation sites excluding steroid dienone is 20. The Morgan fingerprint density at radius 1 is 0.427 bits per heavy atom. The van der Waals surface area contributed by atoms with Gasteiger partial charge in [0, 0.05) is 12.8 Å². The largest absolute Gasteiger partial charge is 0.756 e. The lowest BCUT2D eigenvalue weighted by Gasteiger charge is -2.28. The summed E-state index contributed by atoms with van der Waals surface area (Å²) in [4.78, 5) is 37.7. The second-order valence-corrected chi connectivity index (χ2v) is 22.0. The van der Waals surface area contributed by atoms with Gasteiger partial charge in [-0.25, -0.2) is 0 Å². The molecule has 0 aromatic carbocycles. The number of quaternary nitrogens is 1. The van der Waals surface area contributed by atoms with E-state index >= 15 is 0 Å². The van der Waals surface area contributed by atoms with Crippen molar-refractivity contribution in [3.8, 4) is 0 Å². The van der Waals surface area contributed by atoms with Gasteiger partial charge in [-0.15, -0.1) is 0 Å². The molecule has 0 aliphatic rings. The van der Waals surface area contributed by atoms with E-state index < -0.39 is 32.5 Å². The highest BCUT2D eigenvalue weighted by atomic mass is 31.2. The molecule has 0 heterocycles. The van der Waals surface area contributed by atoms with Crippen molar-refractivity contribution in [2.24, 2.45) is 0 Å². The van der Waals surface area contributed by atoms with E-state index in [1.165, 1.54) is 64.2 Å². The van der Waals surface area contributed by atoms with Crippen LogP contribution in [0.15, 0.2) is 122 Å². The van der Waals surface area contributed by atoms with E-state index in [1.54, 1.807) is 0 Å². The lowest BCUT2D eigenvalue weighted by atomic mass is 10.0. The van der Waals surface area contributed by atoms with Crippen LogP contribution in [0.25, 0.3) is 0 Å². The van der Waals surface area contributed by atoms with Gasteiger partial charge in [-0.2, -0.15) is 0 Å². The Bertz CT molecular complexity index is 1680. The van der Waals surface area contributed by atoms with Crippen molar-refractivity contribution >= 4 is 19.8 Å². The van der Waals surface area contributed by atoms with Crippen LogP contribution in [0.2, 0.25) is 0 Å². The molecule has 428 valence electrons. The summed E-state index contributed by atoms with van der Waals surface area (Å²) < 4.78 is 34.1. The van der Waals surface area contributed by atoms with Crippen LogP contribution in [0.1, 0.15) is 226 Å². The Hall–Kier alpha value is -3.59. The summed E-state index contributed by atoms with van der Waals surface area (Å²) in [6, 6.07) is 0. The molecular weight excluding hydrogens is 954 g/mol. The molecule has 0 aliphatic heterocycles. The van der Waals surface area contributed by atoms with Gasteiger partial charge in [-0.05, 0) is 109 Å². The molecule has 0 radical (unpaired) electrons. The Morgan fingerprint density at radius 2 is 0.760 bits per heavy atom. The second-order valence-electron chi connectivity index (χ2n) is 20.6. The predicted molar refractivity (Wildman–Crippen MR) is 318 cm³/mol. The topological polar surface area (TPSA) is 111 Å². The maximum atomic E-state index is 12.8. The number of rotatable bonds is 53. The summed E-state index contributed by atoms with van der Waals surface area (Å²) in [6.07, 6.45) is 78.3. The fourth-order valence-electron chi connectivity index (χ4n) is 7.64. The Labute approximate surface area is 460 Å². The van der Waals surface area contributed by atoms with E-state index in [1.807, 2.05) is 21.1 Å². The minimum atomic E-state index is -4.64. The van der Waals surface area contributed by atoms with Gasteiger partial charge in [0.1, 0.15) is 19.8 Å². The molecule has 0 spiro atoms. The van der Waals surface area contributed by atoms with Crippen LogP contribution in [0.3, 0.4) is 0 Å². The molecule has 0 aromatic rings. The van der Waals surface area contributed by atoms with E-state index in [0.29, 0.717) is 23.9 Å². The maximum Gasteiger partial charge on any atom is 0.306 e. The van der Waals surface area contributed by atoms with Crippen LogP contribution < -0.4 is 4.89 Å². The summed E-state index contributed by atoms with van der Waals surface area (Å²) in [5, 5.41) is 0. The van der Waals surface area contributed by atoms with Crippen molar-refractivity contribution in [3.63, 3.8) is 0 Å². The van der Waals surface area contributed by atoms with Gasteiger partial charge >= 0.3 is 11.9 Å². The molecule has 2 unspecified atom stereocenters. The first-order valence-corrected chi connectivity index (χ1v) is 31.2. The number of nitrogens with zero attached hydrogens (tertiary/aromatic N) is 1. The zero-order chi connectivity index (χ0) is 54.9. The monoisotopic (exact) mass is 1060 g/mol. The van der Waals surface area contributed by atoms with Gasteiger partial charge < -0.3 is 27.9 Å². The molecule has 0 rings (SSSR count). The number of likely N-dealkylation sites (N-methyl/N-ethyl adjacent to an activating group) is 1. The van der Waals surface area contributed by atoms with Gasteiger partial charge in [0.2, 0.25) is 0 Å². The number of ether oxygens (including phenoxy) is 2. The van der Waals surface area contributed by atoms with Crippen LogP contribution in [-0.2, 0) is 32.7 Å². The van der Waals surface area contributed by atoms with E-state index in [9.17, 15) is 19.0 Å². The number of phosphoric acid groups is 1. The molecule has 2 atom stereocenters. The lowest BCUT2D eigenvalue weighted by molar-refractivity contribution is -0.870. The van der Waals surface area contributed by atoms with Crippen molar-refractivity contribution in [2.45, 2.75) is 232 Å². The maximum absolute atomic E-state index is 12.8. The second kappa shape index (κ2) is 55.2. The van der Waals surface area contributed by atoms with Crippen LogP contribution in [-0.4, -0.2) is 70.0 Å². The van der Waals surface area contributed by atoms with Crippen molar-refractivity contribution in [1.29, 1.82) is 0 Å². The summed E-state index contributed by atoms with van der Waals surface area (Å²) >= 11 is 0. The first kappa shape index (κ1) is 71.4.